The summed E-state index contributed by atoms with van der Waals surface area (Å²) in [5.41, 5.74) is 0. The number of hydrogen-bond donors (Lipinski definition) is 1. The first-order valence-electron chi connectivity index (χ1n) is 11.6. The lowest BCUT2D eigenvalue weighted by molar-refractivity contribution is 0.319. The molecule has 10 nitrogen and oxygen atoms in total. The molecule has 3 heterocycles. The fourth-order valence-electron chi connectivity index (χ4n) is 3.86. The summed E-state index contributed by atoms with van der Waals surface area (Å²) < 4.78 is 39.7. The summed E-state index contributed by atoms with van der Waals surface area (Å²) in [6.07, 6.45) is 1.71. The van der Waals surface area contributed by atoms with Crippen LogP contribution in [-0.4, -0.2) is 67.1 Å². The molecular formula is C24H30N6O4S. The van der Waals surface area contributed by atoms with Crippen LogP contribution in [0.4, 0.5) is 17.5 Å². The fraction of sp³-hybridized carbons (Fsp3) is 0.375. The monoisotopic (exact) mass is 498 g/mol. The van der Waals surface area contributed by atoms with E-state index in [0.29, 0.717) is 68.4 Å². The third-order valence-electron chi connectivity index (χ3n) is 5.45. The van der Waals surface area contributed by atoms with Crippen molar-refractivity contribution < 1.29 is 17.9 Å². The highest BCUT2D eigenvalue weighted by Gasteiger charge is 2.32. The SMILES string of the molecule is CCOc1ccc(OCC)c(S(=O)(=O)N2CCN(c3cc(Nc4ccccn4)nc(C)n3)CC2)c1. The Bertz CT molecular complexity index is 1250. The second kappa shape index (κ2) is 10.9. The van der Waals surface area contributed by atoms with E-state index in [-0.39, 0.29) is 4.90 Å². The first kappa shape index (κ1) is 24.7. The van der Waals surface area contributed by atoms with E-state index >= 15 is 0 Å². The number of nitrogens with one attached hydrogen (secondary N) is 1. The van der Waals surface area contributed by atoms with Gasteiger partial charge in [0.25, 0.3) is 0 Å². The Balaban J connectivity index is 1.50. The normalized spacial score (nSPS) is 14.5. The summed E-state index contributed by atoms with van der Waals surface area (Å²) in [7, 11) is -3.77. The molecule has 0 atom stereocenters. The lowest BCUT2D eigenvalue weighted by Crippen LogP contribution is -2.49. The van der Waals surface area contributed by atoms with Gasteiger partial charge in [0.2, 0.25) is 10.0 Å². The summed E-state index contributed by atoms with van der Waals surface area (Å²) in [6.45, 7) is 7.95. The Morgan fingerprint density at radius 1 is 0.943 bits per heavy atom. The van der Waals surface area contributed by atoms with Crippen molar-refractivity contribution in [2.24, 2.45) is 0 Å². The summed E-state index contributed by atoms with van der Waals surface area (Å²) in [5, 5.41) is 3.19. The minimum absolute atomic E-state index is 0.124. The van der Waals surface area contributed by atoms with Gasteiger partial charge in [0, 0.05) is 44.5 Å². The van der Waals surface area contributed by atoms with Gasteiger partial charge in [-0.25, -0.2) is 23.4 Å². The molecule has 1 aromatic carbocycles. The van der Waals surface area contributed by atoms with Crippen LogP contribution >= 0.6 is 0 Å². The predicted molar refractivity (Wildman–Crippen MR) is 134 cm³/mol. The maximum atomic E-state index is 13.5. The van der Waals surface area contributed by atoms with Crippen LogP contribution in [0.15, 0.2) is 53.6 Å². The van der Waals surface area contributed by atoms with Crippen molar-refractivity contribution in [3.63, 3.8) is 0 Å². The van der Waals surface area contributed by atoms with Crippen LogP contribution in [0.3, 0.4) is 0 Å². The molecule has 0 bridgehead atoms. The van der Waals surface area contributed by atoms with E-state index in [2.05, 4.69) is 25.2 Å². The average Bonchev–Trinajstić information content (AvgIpc) is 2.85. The first-order valence-corrected chi connectivity index (χ1v) is 13.0. The van der Waals surface area contributed by atoms with Gasteiger partial charge in [-0.05, 0) is 45.0 Å². The number of piperazine rings is 1. The number of benzene rings is 1. The van der Waals surface area contributed by atoms with Crippen LogP contribution in [0.1, 0.15) is 19.7 Å². The topological polar surface area (TPSA) is 110 Å². The van der Waals surface area contributed by atoms with Crippen LogP contribution in [0, 0.1) is 6.92 Å². The second-order valence-corrected chi connectivity index (χ2v) is 9.77. The minimum atomic E-state index is -3.77. The summed E-state index contributed by atoms with van der Waals surface area (Å²) in [5.74, 6) is 3.50. The molecule has 0 aliphatic carbocycles. The molecule has 1 N–H and O–H groups in total. The molecule has 0 amide bonds. The molecule has 0 radical (unpaired) electrons. The Morgan fingerprint density at radius 3 is 2.40 bits per heavy atom. The molecule has 0 saturated carbocycles. The molecule has 2 aromatic heterocycles. The van der Waals surface area contributed by atoms with Crippen LogP contribution in [0.2, 0.25) is 0 Å². The number of sulfonamides is 1. The molecule has 1 fully saturated rings. The summed E-state index contributed by atoms with van der Waals surface area (Å²) >= 11 is 0. The van der Waals surface area contributed by atoms with Gasteiger partial charge in [0.15, 0.2) is 0 Å². The lowest BCUT2D eigenvalue weighted by atomic mass is 10.3. The van der Waals surface area contributed by atoms with Gasteiger partial charge in [0.1, 0.15) is 39.7 Å². The number of hydrogen-bond acceptors (Lipinski definition) is 9. The van der Waals surface area contributed by atoms with Gasteiger partial charge in [-0.3, -0.25) is 0 Å². The second-order valence-electron chi connectivity index (χ2n) is 7.86. The van der Waals surface area contributed by atoms with Crippen molar-refractivity contribution in [1.82, 2.24) is 19.3 Å². The molecule has 4 rings (SSSR count). The molecule has 0 unspecified atom stereocenters. The van der Waals surface area contributed by atoms with Gasteiger partial charge >= 0.3 is 0 Å². The predicted octanol–water partition coefficient (Wildman–Crippen LogP) is 3.23. The highest BCUT2D eigenvalue weighted by Crippen LogP contribution is 2.32. The highest BCUT2D eigenvalue weighted by atomic mass is 32.2. The Morgan fingerprint density at radius 2 is 1.71 bits per heavy atom. The zero-order chi connectivity index (χ0) is 24.8. The molecule has 35 heavy (non-hydrogen) atoms. The lowest BCUT2D eigenvalue weighted by Gasteiger charge is -2.35. The number of pyridine rings is 1. The Labute approximate surface area is 206 Å². The van der Waals surface area contributed by atoms with Crippen LogP contribution in [0.25, 0.3) is 0 Å². The van der Waals surface area contributed by atoms with Gasteiger partial charge in [-0.15, -0.1) is 0 Å². The van der Waals surface area contributed by atoms with Crippen molar-refractivity contribution in [3.05, 3.63) is 54.5 Å². The number of ether oxygens (including phenoxy) is 2. The fourth-order valence-corrected chi connectivity index (χ4v) is 5.43. The number of aromatic nitrogens is 3. The summed E-state index contributed by atoms with van der Waals surface area (Å²) in [6, 6.07) is 12.4. The van der Waals surface area contributed by atoms with Crippen molar-refractivity contribution in [2.45, 2.75) is 25.7 Å². The number of aryl methyl sites for hydroxylation is 1. The maximum Gasteiger partial charge on any atom is 0.247 e. The maximum absolute atomic E-state index is 13.5. The molecule has 0 spiro atoms. The van der Waals surface area contributed by atoms with Crippen LogP contribution in [-0.2, 0) is 10.0 Å². The van der Waals surface area contributed by atoms with Crippen LogP contribution in [0.5, 0.6) is 11.5 Å². The molecule has 3 aromatic rings. The Hall–Kier alpha value is -3.44. The van der Waals surface area contributed by atoms with E-state index < -0.39 is 10.0 Å². The highest BCUT2D eigenvalue weighted by molar-refractivity contribution is 7.89. The standard InChI is InChI=1S/C24H30N6O4S/c1-4-33-19-9-10-20(34-5-2)21(16-19)35(31,32)30-14-12-29(13-15-30)24-17-23(26-18(3)27-24)28-22-8-6-7-11-25-22/h6-11,16-17H,4-5,12-15H2,1-3H3,(H,25,26,27,28). The molecular weight excluding hydrogens is 468 g/mol. The number of nitrogens with zero attached hydrogens (tertiary/aromatic N) is 5. The van der Waals surface area contributed by atoms with Crippen molar-refractivity contribution >= 4 is 27.5 Å². The quantitative estimate of drug-likeness (QED) is 0.475. The first-order chi connectivity index (χ1) is 16.9. The van der Waals surface area contributed by atoms with E-state index in [4.69, 9.17) is 9.47 Å². The largest absolute Gasteiger partial charge is 0.494 e. The zero-order valence-electron chi connectivity index (χ0n) is 20.1. The van der Waals surface area contributed by atoms with E-state index in [1.54, 1.807) is 24.4 Å². The summed E-state index contributed by atoms with van der Waals surface area (Å²) in [4.78, 5) is 15.5. The molecule has 186 valence electrons. The van der Waals surface area contributed by atoms with Gasteiger partial charge in [-0.1, -0.05) is 6.07 Å². The molecule has 1 aliphatic heterocycles. The van der Waals surface area contributed by atoms with Gasteiger partial charge in [0.05, 0.1) is 13.2 Å². The van der Waals surface area contributed by atoms with E-state index in [9.17, 15) is 8.42 Å². The molecule has 11 heteroatoms. The van der Waals surface area contributed by atoms with Gasteiger partial charge < -0.3 is 19.7 Å². The molecule has 1 aliphatic rings. The number of anilines is 3. The average molecular weight is 499 g/mol. The third kappa shape index (κ3) is 5.80. The van der Waals surface area contributed by atoms with E-state index in [1.807, 2.05) is 45.0 Å². The minimum Gasteiger partial charge on any atom is -0.494 e. The smallest absolute Gasteiger partial charge is 0.247 e. The van der Waals surface area contributed by atoms with E-state index in [0.717, 1.165) is 5.82 Å². The van der Waals surface area contributed by atoms with Crippen molar-refractivity contribution in [2.75, 3.05) is 49.6 Å². The number of rotatable bonds is 9. The Kier molecular flexibility index (Phi) is 7.67. The van der Waals surface area contributed by atoms with Gasteiger partial charge in [-0.2, -0.15) is 4.31 Å². The molecule has 1 saturated heterocycles. The zero-order valence-corrected chi connectivity index (χ0v) is 21.0. The van der Waals surface area contributed by atoms with Crippen molar-refractivity contribution in [1.29, 1.82) is 0 Å². The third-order valence-corrected chi connectivity index (χ3v) is 7.37. The van der Waals surface area contributed by atoms with Crippen LogP contribution < -0.4 is 19.7 Å². The van der Waals surface area contributed by atoms with E-state index in [1.165, 1.54) is 4.31 Å². The van der Waals surface area contributed by atoms with Crippen molar-refractivity contribution in [3.8, 4) is 11.5 Å².